The molecule has 0 aliphatic rings. The van der Waals surface area contributed by atoms with E-state index >= 15 is 0 Å². The molecular weight excluding hydrogens is 294 g/mol. The highest BCUT2D eigenvalue weighted by molar-refractivity contribution is 5.98. The maximum Gasteiger partial charge on any atom is 0.0736 e. The van der Waals surface area contributed by atoms with E-state index in [0.717, 1.165) is 44.7 Å². The Bertz CT molecular complexity index is 1020. The molecule has 3 heteroatoms. The third-order valence-corrected chi connectivity index (χ3v) is 4.15. The maximum atomic E-state index is 6.15. The average Bonchev–Trinajstić information content (AvgIpc) is 2.62. The van der Waals surface area contributed by atoms with Crippen LogP contribution in [0.15, 0.2) is 78.9 Å². The Morgan fingerprint density at radius 2 is 1.42 bits per heavy atom. The minimum Gasteiger partial charge on any atom is -0.399 e. The predicted octanol–water partition coefficient (Wildman–Crippen LogP) is 4.73. The molecule has 4 rings (SSSR count). The molecule has 0 saturated heterocycles. The number of benzene rings is 3. The molecule has 1 aromatic heterocycles. The van der Waals surface area contributed by atoms with Gasteiger partial charge in [-0.1, -0.05) is 48.5 Å². The van der Waals surface area contributed by atoms with Gasteiger partial charge in [0.25, 0.3) is 0 Å². The monoisotopic (exact) mass is 311 g/mol. The van der Waals surface area contributed by atoms with Gasteiger partial charge in [-0.15, -0.1) is 0 Å². The lowest BCUT2D eigenvalue weighted by Crippen LogP contribution is -1.95. The standard InChI is InChI=1S/C21H17N3/c22-15-10-11-20-18(12-15)17(14-6-2-1-3-7-14)13-21(24-20)16-8-4-5-9-19(16)23/h1-13H,22-23H2. The number of fused-ring (bicyclic) bond motifs is 1. The molecule has 3 nitrogen and oxygen atoms in total. The molecule has 0 radical (unpaired) electrons. The van der Waals surface area contributed by atoms with Crippen molar-refractivity contribution < 1.29 is 0 Å². The van der Waals surface area contributed by atoms with Crippen molar-refractivity contribution in [2.45, 2.75) is 0 Å². The Labute approximate surface area is 140 Å². The number of rotatable bonds is 2. The van der Waals surface area contributed by atoms with Crippen molar-refractivity contribution in [2.75, 3.05) is 11.5 Å². The van der Waals surface area contributed by atoms with Gasteiger partial charge in [-0.05, 0) is 41.5 Å². The largest absolute Gasteiger partial charge is 0.399 e. The van der Waals surface area contributed by atoms with Crippen LogP contribution in [-0.4, -0.2) is 4.98 Å². The van der Waals surface area contributed by atoms with E-state index in [-0.39, 0.29) is 0 Å². The predicted molar refractivity (Wildman–Crippen MR) is 101 cm³/mol. The van der Waals surface area contributed by atoms with Gasteiger partial charge >= 0.3 is 0 Å². The number of nitrogen functional groups attached to an aromatic ring is 2. The van der Waals surface area contributed by atoms with Gasteiger partial charge in [-0.2, -0.15) is 0 Å². The topological polar surface area (TPSA) is 64.9 Å². The van der Waals surface area contributed by atoms with Gasteiger partial charge in [0.15, 0.2) is 0 Å². The van der Waals surface area contributed by atoms with Crippen LogP contribution >= 0.6 is 0 Å². The molecule has 1 heterocycles. The summed E-state index contributed by atoms with van der Waals surface area (Å²) in [4.78, 5) is 4.80. The molecule has 0 aliphatic carbocycles. The van der Waals surface area contributed by atoms with Crippen molar-refractivity contribution in [1.82, 2.24) is 4.98 Å². The first-order chi connectivity index (χ1) is 11.7. The van der Waals surface area contributed by atoms with Gasteiger partial charge < -0.3 is 11.5 Å². The molecule has 0 fully saturated rings. The second-order valence-electron chi connectivity index (χ2n) is 5.78. The molecule has 0 bridgehead atoms. The van der Waals surface area contributed by atoms with E-state index in [1.807, 2.05) is 60.7 Å². The molecule has 3 aromatic carbocycles. The number of nitrogens with two attached hydrogens (primary N) is 2. The number of anilines is 2. The van der Waals surface area contributed by atoms with Crippen molar-refractivity contribution in [2.24, 2.45) is 0 Å². The summed E-state index contributed by atoms with van der Waals surface area (Å²) in [7, 11) is 0. The minimum atomic E-state index is 0.721. The van der Waals surface area contributed by atoms with Crippen LogP contribution in [0.1, 0.15) is 0 Å². The molecule has 24 heavy (non-hydrogen) atoms. The summed E-state index contributed by atoms with van der Waals surface area (Å²) in [5.41, 5.74) is 18.5. The summed E-state index contributed by atoms with van der Waals surface area (Å²) in [5, 5.41) is 1.04. The van der Waals surface area contributed by atoms with Crippen LogP contribution in [0.2, 0.25) is 0 Å². The van der Waals surface area contributed by atoms with Gasteiger partial charge in [0.1, 0.15) is 0 Å². The third-order valence-electron chi connectivity index (χ3n) is 4.15. The molecule has 0 saturated carbocycles. The molecule has 0 aliphatic heterocycles. The lowest BCUT2D eigenvalue weighted by atomic mass is 9.97. The van der Waals surface area contributed by atoms with Crippen LogP contribution in [0.25, 0.3) is 33.3 Å². The molecule has 4 aromatic rings. The molecule has 116 valence electrons. The zero-order chi connectivity index (χ0) is 16.5. The van der Waals surface area contributed by atoms with Crippen LogP contribution < -0.4 is 11.5 Å². The number of para-hydroxylation sites is 1. The zero-order valence-corrected chi connectivity index (χ0v) is 13.1. The van der Waals surface area contributed by atoms with Crippen molar-refractivity contribution in [3.8, 4) is 22.4 Å². The Kier molecular flexibility index (Phi) is 3.39. The van der Waals surface area contributed by atoms with E-state index in [1.54, 1.807) is 0 Å². The summed E-state index contributed by atoms with van der Waals surface area (Å²) < 4.78 is 0. The van der Waals surface area contributed by atoms with Gasteiger partial charge in [-0.25, -0.2) is 4.98 Å². The van der Waals surface area contributed by atoms with Crippen LogP contribution in [-0.2, 0) is 0 Å². The smallest absolute Gasteiger partial charge is 0.0736 e. The van der Waals surface area contributed by atoms with Gasteiger partial charge in [-0.3, -0.25) is 0 Å². The highest BCUT2D eigenvalue weighted by Gasteiger charge is 2.11. The summed E-state index contributed by atoms with van der Waals surface area (Å²) in [6, 6.07) is 26.0. The van der Waals surface area contributed by atoms with E-state index in [0.29, 0.717) is 0 Å². The van der Waals surface area contributed by atoms with Crippen molar-refractivity contribution in [3.63, 3.8) is 0 Å². The van der Waals surface area contributed by atoms with Crippen LogP contribution in [0.3, 0.4) is 0 Å². The summed E-state index contributed by atoms with van der Waals surface area (Å²) in [6.07, 6.45) is 0. The van der Waals surface area contributed by atoms with Gasteiger partial charge in [0.2, 0.25) is 0 Å². The fraction of sp³-hybridized carbons (Fsp3) is 0. The number of hydrogen-bond donors (Lipinski definition) is 2. The van der Waals surface area contributed by atoms with Crippen LogP contribution in [0.5, 0.6) is 0 Å². The fourth-order valence-electron chi connectivity index (χ4n) is 2.97. The van der Waals surface area contributed by atoms with E-state index in [4.69, 9.17) is 16.5 Å². The third kappa shape index (κ3) is 2.46. The first-order valence-corrected chi connectivity index (χ1v) is 7.83. The Morgan fingerprint density at radius 1 is 0.667 bits per heavy atom. The number of hydrogen-bond acceptors (Lipinski definition) is 3. The highest BCUT2D eigenvalue weighted by Crippen LogP contribution is 2.34. The molecule has 0 unspecified atom stereocenters. The van der Waals surface area contributed by atoms with Crippen LogP contribution in [0.4, 0.5) is 11.4 Å². The van der Waals surface area contributed by atoms with E-state index in [1.165, 1.54) is 0 Å². The van der Waals surface area contributed by atoms with Gasteiger partial charge in [0, 0.05) is 22.3 Å². The first kappa shape index (κ1) is 14.3. The second-order valence-corrected chi connectivity index (χ2v) is 5.78. The lowest BCUT2D eigenvalue weighted by Gasteiger charge is -2.12. The minimum absolute atomic E-state index is 0.721. The van der Waals surface area contributed by atoms with E-state index in [2.05, 4.69) is 18.2 Å². The van der Waals surface area contributed by atoms with Crippen molar-refractivity contribution >= 4 is 22.3 Å². The molecular formula is C21H17N3. The highest BCUT2D eigenvalue weighted by atomic mass is 14.7. The molecule has 0 spiro atoms. The Hall–Kier alpha value is -3.33. The van der Waals surface area contributed by atoms with E-state index in [9.17, 15) is 0 Å². The normalized spacial score (nSPS) is 10.8. The molecule has 0 atom stereocenters. The number of nitrogens with zero attached hydrogens (tertiary/aromatic N) is 1. The average molecular weight is 311 g/mol. The summed E-state index contributed by atoms with van der Waals surface area (Å²) in [6.45, 7) is 0. The summed E-state index contributed by atoms with van der Waals surface area (Å²) >= 11 is 0. The second kappa shape index (κ2) is 5.70. The SMILES string of the molecule is Nc1ccc2nc(-c3ccccc3N)cc(-c3ccccc3)c2c1. The van der Waals surface area contributed by atoms with Crippen LogP contribution in [0, 0.1) is 0 Å². The van der Waals surface area contributed by atoms with Crippen molar-refractivity contribution in [1.29, 1.82) is 0 Å². The zero-order valence-electron chi connectivity index (χ0n) is 13.1. The van der Waals surface area contributed by atoms with Gasteiger partial charge in [0.05, 0.1) is 11.2 Å². The molecule has 4 N–H and O–H groups in total. The fourth-order valence-corrected chi connectivity index (χ4v) is 2.97. The maximum absolute atomic E-state index is 6.15. The number of pyridine rings is 1. The quantitative estimate of drug-likeness (QED) is 0.526. The summed E-state index contributed by atoms with van der Waals surface area (Å²) in [5.74, 6) is 0. The lowest BCUT2D eigenvalue weighted by molar-refractivity contribution is 1.40. The number of aromatic nitrogens is 1. The Balaban J connectivity index is 2.05. The Morgan fingerprint density at radius 3 is 2.21 bits per heavy atom. The van der Waals surface area contributed by atoms with E-state index < -0.39 is 0 Å². The van der Waals surface area contributed by atoms with Crippen molar-refractivity contribution in [3.05, 3.63) is 78.9 Å². The first-order valence-electron chi connectivity index (χ1n) is 7.83. The molecule has 0 amide bonds.